The molecule has 1 saturated carbocycles. The molecule has 0 atom stereocenters. The van der Waals surface area contributed by atoms with Gasteiger partial charge in [-0.05, 0) is 31.0 Å². The summed E-state index contributed by atoms with van der Waals surface area (Å²) in [5.74, 6) is 0.471. The monoisotopic (exact) mass is 242 g/mol. The largest absolute Gasteiger partial charge is 0.495 e. The summed E-state index contributed by atoms with van der Waals surface area (Å²) in [5, 5.41) is -0.265. The van der Waals surface area contributed by atoms with Gasteiger partial charge in [0.15, 0.2) is 0 Å². The van der Waals surface area contributed by atoms with Crippen molar-refractivity contribution in [2.45, 2.75) is 18.1 Å². The molecule has 6 heteroatoms. The van der Waals surface area contributed by atoms with E-state index in [1.165, 1.54) is 7.11 Å². The number of rotatable bonds is 4. The van der Waals surface area contributed by atoms with Crippen molar-refractivity contribution in [1.82, 2.24) is 0 Å². The minimum absolute atomic E-state index is 0.265. The SMILES string of the molecule is COc1ccc(N)cc1NS(=O)(=O)C1CC1. The molecule has 1 aromatic carbocycles. The van der Waals surface area contributed by atoms with Gasteiger partial charge in [0.1, 0.15) is 5.75 Å². The normalized spacial score (nSPS) is 15.8. The molecule has 1 aliphatic rings. The average molecular weight is 242 g/mol. The first-order chi connectivity index (χ1) is 7.53. The highest BCUT2D eigenvalue weighted by atomic mass is 32.2. The van der Waals surface area contributed by atoms with Crippen molar-refractivity contribution < 1.29 is 13.2 Å². The number of ether oxygens (including phenoxy) is 1. The lowest BCUT2D eigenvalue weighted by Crippen LogP contribution is -2.17. The van der Waals surface area contributed by atoms with Crippen molar-refractivity contribution in [2.75, 3.05) is 17.6 Å². The van der Waals surface area contributed by atoms with Crippen LogP contribution in [-0.4, -0.2) is 20.8 Å². The number of nitrogen functional groups attached to an aromatic ring is 1. The standard InChI is InChI=1S/C10H14N2O3S/c1-15-10-5-2-7(11)6-9(10)12-16(13,14)8-3-4-8/h2,5-6,8,12H,3-4,11H2,1H3. The van der Waals surface area contributed by atoms with Gasteiger partial charge in [-0.15, -0.1) is 0 Å². The summed E-state index contributed by atoms with van der Waals surface area (Å²) < 4.78 is 31.0. The molecule has 0 unspecified atom stereocenters. The van der Waals surface area contributed by atoms with Gasteiger partial charge >= 0.3 is 0 Å². The first-order valence-electron chi connectivity index (χ1n) is 4.98. The quantitative estimate of drug-likeness (QED) is 0.777. The van der Waals surface area contributed by atoms with Gasteiger partial charge in [0.25, 0.3) is 0 Å². The van der Waals surface area contributed by atoms with E-state index in [-0.39, 0.29) is 5.25 Å². The molecule has 1 aromatic rings. The van der Waals surface area contributed by atoms with Gasteiger partial charge in [-0.3, -0.25) is 4.72 Å². The zero-order chi connectivity index (χ0) is 11.8. The highest BCUT2D eigenvalue weighted by Crippen LogP contribution is 2.33. The van der Waals surface area contributed by atoms with E-state index in [0.29, 0.717) is 17.1 Å². The Kier molecular flexibility index (Phi) is 2.67. The number of methoxy groups -OCH3 is 1. The predicted molar refractivity (Wildman–Crippen MR) is 63.0 cm³/mol. The number of nitrogens with two attached hydrogens (primary N) is 1. The first kappa shape index (κ1) is 11.1. The number of hydrogen-bond donors (Lipinski definition) is 2. The Hall–Kier alpha value is -1.43. The summed E-state index contributed by atoms with van der Waals surface area (Å²) in [7, 11) is -1.79. The fourth-order valence-electron chi connectivity index (χ4n) is 1.42. The van der Waals surface area contributed by atoms with Crippen LogP contribution in [0.5, 0.6) is 5.75 Å². The summed E-state index contributed by atoms with van der Waals surface area (Å²) >= 11 is 0. The van der Waals surface area contributed by atoms with E-state index in [0.717, 1.165) is 12.8 Å². The molecule has 88 valence electrons. The highest BCUT2D eigenvalue weighted by Gasteiger charge is 2.36. The van der Waals surface area contributed by atoms with Crippen molar-refractivity contribution in [3.05, 3.63) is 18.2 Å². The van der Waals surface area contributed by atoms with Crippen molar-refractivity contribution in [3.8, 4) is 5.75 Å². The molecule has 5 nitrogen and oxygen atoms in total. The molecular formula is C10H14N2O3S. The second-order valence-corrected chi connectivity index (χ2v) is 5.77. The minimum atomic E-state index is -3.28. The van der Waals surface area contributed by atoms with Crippen molar-refractivity contribution >= 4 is 21.4 Å². The summed E-state index contributed by atoms with van der Waals surface area (Å²) in [6, 6.07) is 4.85. The van der Waals surface area contributed by atoms with Crippen LogP contribution in [-0.2, 0) is 10.0 Å². The summed E-state index contributed by atoms with van der Waals surface area (Å²) in [5.41, 5.74) is 6.49. The third-order valence-corrected chi connectivity index (χ3v) is 4.29. The molecule has 0 bridgehead atoms. The Balaban J connectivity index is 2.29. The number of hydrogen-bond acceptors (Lipinski definition) is 4. The Morgan fingerprint density at radius 3 is 2.69 bits per heavy atom. The third kappa shape index (κ3) is 2.21. The molecule has 16 heavy (non-hydrogen) atoms. The summed E-state index contributed by atoms with van der Waals surface area (Å²) in [6.45, 7) is 0. The Morgan fingerprint density at radius 1 is 1.44 bits per heavy atom. The van der Waals surface area contributed by atoms with Crippen LogP contribution >= 0.6 is 0 Å². The van der Waals surface area contributed by atoms with E-state index in [2.05, 4.69) is 4.72 Å². The minimum Gasteiger partial charge on any atom is -0.495 e. The maximum absolute atomic E-state index is 11.7. The van der Waals surface area contributed by atoms with E-state index >= 15 is 0 Å². The Labute approximate surface area is 94.6 Å². The molecule has 0 saturated heterocycles. The molecule has 0 spiro atoms. The van der Waals surface area contributed by atoms with Crippen LogP contribution in [0.15, 0.2) is 18.2 Å². The molecule has 0 heterocycles. The van der Waals surface area contributed by atoms with E-state index in [1.54, 1.807) is 18.2 Å². The highest BCUT2D eigenvalue weighted by molar-refractivity contribution is 7.93. The van der Waals surface area contributed by atoms with Crippen molar-refractivity contribution in [1.29, 1.82) is 0 Å². The van der Waals surface area contributed by atoms with Gasteiger partial charge in [-0.25, -0.2) is 8.42 Å². The van der Waals surface area contributed by atoms with Crippen LogP contribution in [0, 0.1) is 0 Å². The topological polar surface area (TPSA) is 81.4 Å². The van der Waals surface area contributed by atoms with Crippen LogP contribution in [0.4, 0.5) is 11.4 Å². The Bertz CT molecular complexity index is 495. The van der Waals surface area contributed by atoms with Gasteiger partial charge in [-0.2, -0.15) is 0 Å². The van der Waals surface area contributed by atoms with Crippen LogP contribution in [0.3, 0.4) is 0 Å². The third-order valence-electron chi connectivity index (χ3n) is 2.44. The smallest absolute Gasteiger partial charge is 0.235 e. The van der Waals surface area contributed by atoms with Crippen LogP contribution in [0.25, 0.3) is 0 Å². The lowest BCUT2D eigenvalue weighted by molar-refractivity contribution is 0.417. The average Bonchev–Trinajstić information content (AvgIpc) is 3.00. The van der Waals surface area contributed by atoms with E-state index in [1.807, 2.05) is 0 Å². The first-order valence-corrected chi connectivity index (χ1v) is 6.53. The van der Waals surface area contributed by atoms with E-state index < -0.39 is 10.0 Å². The number of nitrogens with one attached hydrogen (secondary N) is 1. The molecule has 1 aliphatic carbocycles. The van der Waals surface area contributed by atoms with Crippen LogP contribution in [0.2, 0.25) is 0 Å². The van der Waals surface area contributed by atoms with Gasteiger partial charge in [-0.1, -0.05) is 0 Å². The maximum Gasteiger partial charge on any atom is 0.235 e. The fraction of sp³-hybridized carbons (Fsp3) is 0.400. The van der Waals surface area contributed by atoms with Gasteiger partial charge in [0, 0.05) is 5.69 Å². The van der Waals surface area contributed by atoms with Crippen LogP contribution in [0.1, 0.15) is 12.8 Å². The van der Waals surface area contributed by atoms with Crippen molar-refractivity contribution in [3.63, 3.8) is 0 Å². The fourth-order valence-corrected chi connectivity index (χ4v) is 2.81. The molecule has 0 aromatic heterocycles. The number of sulfonamides is 1. The lowest BCUT2D eigenvalue weighted by atomic mass is 10.2. The second kappa shape index (κ2) is 3.86. The number of benzene rings is 1. The zero-order valence-corrected chi connectivity index (χ0v) is 9.75. The zero-order valence-electron chi connectivity index (χ0n) is 8.93. The number of anilines is 2. The molecule has 2 rings (SSSR count). The van der Waals surface area contributed by atoms with Crippen molar-refractivity contribution in [2.24, 2.45) is 0 Å². The van der Waals surface area contributed by atoms with Gasteiger partial charge < -0.3 is 10.5 Å². The Morgan fingerprint density at radius 2 is 2.12 bits per heavy atom. The van der Waals surface area contributed by atoms with E-state index in [4.69, 9.17) is 10.5 Å². The maximum atomic E-state index is 11.7. The lowest BCUT2D eigenvalue weighted by Gasteiger charge is -2.11. The molecule has 1 fully saturated rings. The molecule has 0 aliphatic heterocycles. The van der Waals surface area contributed by atoms with Gasteiger partial charge in [0.05, 0.1) is 18.0 Å². The molecule has 0 amide bonds. The van der Waals surface area contributed by atoms with Gasteiger partial charge in [0.2, 0.25) is 10.0 Å². The second-order valence-electron chi connectivity index (χ2n) is 3.81. The summed E-state index contributed by atoms with van der Waals surface area (Å²) in [4.78, 5) is 0. The van der Waals surface area contributed by atoms with E-state index in [9.17, 15) is 8.42 Å². The summed E-state index contributed by atoms with van der Waals surface area (Å²) in [6.07, 6.45) is 1.44. The predicted octanol–water partition coefficient (Wildman–Crippen LogP) is 1.18. The van der Waals surface area contributed by atoms with Crippen LogP contribution < -0.4 is 15.2 Å². The molecular weight excluding hydrogens is 228 g/mol. The molecule has 0 radical (unpaired) electrons. The molecule has 3 N–H and O–H groups in total.